The maximum atomic E-state index is 15.4. The number of phenols is 1. The van der Waals surface area contributed by atoms with E-state index >= 15 is 4.39 Å². The fraction of sp³-hybridized carbons (Fsp3) is 0.435. The highest BCUT2D eigenvalue weighted by molar-refractivity contribution is 5.68. The number of nitrogens with one attached hydrogen (secondary N) is 1. The Morgan fingerprint density at radius 1 is 1.29 bits per heavy atom. The van der Waals surface area contributed by atoms with Gasteiger partial charge < -0.3 is 19.9 Å². The van der Waals surface area contributed by atoms with Gasteiger partial charge in [0, 0.05) is 42.7 Å². The molecule has 0 aliphatic carbocycles. The SMILES string of the molecule is CN(c1cnc(-c2ccc(-n3ccnc3)cc2O)cn1)[C@@H]1CC2CCC[C@](C)(N2)[C@@H]1F. The number of piperidine rings is 2. The second kappa shape index (κ2) is 7.60. The molecule has 1 aromatic carbocycles. The van der Waals surface area contributed by atoms with E-state index in [0.29, 0.717) is 23.1 Å². The molecule has 3 aromatic rings. The number of rotatable bonds is 4. The lowest BCUT2D eigenvalue weighted by Gasteiger charge is -2.52. The van der Waals surface area contributed by atoms with Crippen LogP contribution in [0.25, 0.3) is 16.9 Å². The highest BCUT2D eigenvalue weighted by atomic mass is 19.1. The van der Waals surface area contributed by atoms with Crippen molar-refractivity contribution in [1.82, 2.24) is 24.8 Å². The Morgan fingerprint density at radius 3 is 2.87 bits per heavy atom. The number of phenolic OH excluding ortho intramolecular Hbond substituents is 1. The Morgan fingerprint density at radius 2 is 2.16 bits per heavy atom. The van der Waals surface area contributed by atoms with E-state index < -0.39 is 11.7 Å². The van der Waals surface area contributed by atoms with Gasteiger partial charge in [-0.1, -0.05) is 0 Å². The van der Waals surface area contributed by atoms with Crippen molar-refractivity contribution in [3.8, 4) is 22.7 Å². The molecule has 1 unspecified atom stereocenters. The summed E-state index contributed by atoms with van der Waals surface area (Å²) in [5.74, 6) is 0.749. The van der Waals surface area contributed by atoms with Crippen LogP contribution < -0.4 is 10.2 Å². The van der Waals surface area contributed by atoms with Gasteiger partial charge in [0.05, 0.1) is 36.1 Å². The topological polar surface area (TPSA) is 79.1 Å². The van der Waals surface area contributed by atoms with Gasteiger partial charge in [0.15, 0.2) is 0 Å². The minimum Gasteiger partial charge on any atom is -0.507 e. The number of anilines is 1. The van der Waals surface area contributed by atoms with Crippen molar-refractivity contribution in [3.05, 3.63) is 49.3 Å². The Kier molecular flexibility index (Phi) is 4.89. The minimum atomic E-state index is -0.977. The first kappa shape index (κ1) is 19.9. The molecule has 2 saturated heterocycles. The van der Waals surface area contributed by atoms with Crippen LogP contribution in [0.1, 0.15) is 32.6 Å². The highest BCUT2D eigenvalue weighted by Gasteiger charge is 2.49. The second-order valence-electron chi connectivity index (χ2n) is 8.90. The summed E-state index contributed by atoms with van der Waals surface area (Å²) < 4.78 is 17.2. The van der Waals surface area contributed by atoms with Gasteiger partial charge in [-0.2, -0.15) is 0 Å². The van der Waals surface area contributed by atoms with Gasteiger partial charge >= 0.3 is 0 Å². The number of hydrogen-bond acceptors (Lipinski definition) is 6. The molecule has 4 atom stereocenters. The number of alkyl halides is 1. The summed E-state index contributed by atoms with van der Waals surface area (Å²) in [6.45, 7) is 1.99. The third-order valence-electron chi connectivity index (χ3n) is 6.81. The summed E-state index contributed by atoms with van der Waals surface area (Å²) >= 11 is 0. The lowest BCUT2D eigenvalue weighted by Crippen LogP contribution is -2.68. The predicted octanol–water partition coefficient (Wildman–Crippen LogP) is 3.48. The van der Waals surface area contributed by atoms with E-state index in [-0.39, 0.29) is 11.8 Å². The van der Waals surface area contributed by atoms with Gasteiger partial charge in [0.25, 0.3) is 0 Å². The maximum Gasteiger partial charge on any atom is 0.147 e. The number of fused-ring (bicyclic) bond motifs is 2. The molecule has 7 nitrogen and oxygen atoms in total. The van der Waals surface area contributed by atoms with Crippen molar-refractivity contribution in [2.75, 3.05) is 11.9 Å². The van der Waals surface area contributed by atoms with Crippen LogP contribution in [-0.2, 0) is 0 Å². The zero-order valence-corrected chi connectivity index (χ0v) is 17.7. The first-order valence-electron chi connectivity index (χ1n) is 10.7. The van der Waals surface area contributed by atoms with Gasteiger partial charge in [-0.15, -0.1) is 0 Å². The maximum absolute atomic E-state index is 15.4. The number of aromatic nitrogens is 4. The van der Waals surface area contributed by atoms with Gasteiger partial charge in [-0.05, 0) is 44.7 Å². The van der Waals surface area contributed by atoms with Crippen molar-refractivity contribution >= 4 is 5.82 Å². The summed E-state index contributed by atoms with van der Waals surface area (Å²) in [6.07, 6.45) is 11.3. The van der Waals surface area contributed by atoms with Crippen LogP contribution in [0.4, 0.5) is 10.2 Å². The normalized spacial score (nSPS) is 27.8. The Hall–Kier alpha value is -3.00. The molecule has 0 amide bonds. The number of nitrogens with zero attached hydrogens (tertiary/aromatic N) is 5. The third kappa shape index (κ3) is 3.54. The van der Waals surface area contributed by atoms with E-state index in [1.807, 2.05) is 41.8 Å². The second-order valence-corrected chi connectivity index (χ2v) is 8.90. The van der Waals surface area contributed by atoms with Gasteiger partial charge in [-0.3, -0.25) is 4.98 Å². The first-order chi connectivity index (χ1) is 14.9. The molecule has 4 heterocycles. The van der Waals surface area contributed by atoms with Crippen LogP contribution in [0, 0.1) is 0 Å². The molecule has 162 valence electrons. The van der Waals surface area contributed by atoms with Crippen LogP contribution in [0.2, 0.25) is 0 Å². The van der Waals surface area contributed by atoms with Crippen LogP contribution in [0.3, 0.4) is 0 Å². The van der Waals surface area contributed by atoms with E-state index in [0.717, 1.165) is 31.4 Å². The fourth-order valence-corrected chi connectivity index (χ4v) is 5.03. The van der Waals surface area contributed by atoms with Crippen molar-refractivity contribution in [3.63, 3.8) is 0 Å². The summed E-state index contributed by atoms with van der Waals surface area (Å²) in [5, 5.41) is 14.0. The number of benzene rings is 1. The zero-order valence-electron chi connectivity index (χ0n) is 17.7. The number of halogens is 1. The quantitative estimate of drug-likeness (QED) is 0.670. The van der Waals surface area contributed by atoms with E-state index in [1.54, 1.807) is 31.0 Å². The standard InChI is InChI=1S/C23H27FN6O/c1-23-7-3-4-15(28-23)10-19(22(23)24)29(2)21-13-26-18(12-27-21)17-6-5-16(11-20(17)31)30-9-8-25-14-30/h5-6,8-9,11-15,19,22,28,31H,3-4,7,10H2,1-2H3/t15?,19-,22-,23+/m1/s1. The van der Waals surface area contributed by atoms with Crippen molar-refractivity contribution in [2.24, 2.45) is 0 Å². The minimum absolute atomic E-state index is 0.115. The monoisotopic (exact) mass is 422 g/mol. The predicted molar refractivity (Wildman–Crippen MR) is 117 cm³/mol. The average molecular weight is 423 g/mol. The van der Waals surface area contributed by atoms with E-state index in [1.165, 1.54) is 0 Å². The van der Waals surface area contributed by atoms with Crippen LogP contribution in [-0.4, -0.2) is 55.5 Å². The molecule has 2 aromatic heterocycles. The molecular weight excluding hydrogens is 395 g/mol. The smallest absolute Gasteiger partial charge is 0.147 e. The molecule has 2 fully saturated rings. The van der Waals surface area contributed by atoms with Crippen molar-refractivity contribution in [2.45, 2.75) is 56.4 Å². The summed E-state index contributed by atoms with van der Waals surface area (Å²) in [7, 11) is 1.89. The largest absolute Gasteiger partial charge is 0.507 e. The summed E-state index contributed by atoms with van der Waals surface area (Å²) in [6, 6.07) is 5.47. The van der Waals surface area contributed by atoms with E-state index in [2.05, 4.69) is 20.3 Å². The molecule has 2 aliphatic rings. The van der Waals surface area contributed by atoms with Gasteiger partial charge in [-0.25, -0.2) is 14.4 Å². The lowest BCUT2D eigenvalue weighted by molar-refractivity contribution is 0.0405. The number of imidazole rings is 1. The van der Waals surface area contributed by atoms with Crippen LogP contribution in [0.5, 0.6) is 5.75 Å². The fourth-order valence-electron chi connectivity index (χ4n) is 5.03. The summed E-state index contributed by atoms with van der Waals surface area (Å²) in [4.78, 5) is 15.0. The lowest BCUT2D eigenvalue weighted by atomic mass is 9.73. The molecule has 2 aliphatic heterocycles. The number of hydrogen-bond donors (Lipinski definition) is 2. The molecule has 2 bridgehead atoms. The zero-order chi connectivity index (χ0) is 21.6. The molecule has 31 heavy (non-hydrogen) atoms. The average Bonchev–Trinajstić information content (AvgIpc) is 3.31. The highest BCUT2D eigenvalue weighted by Crippen LogP contribution is 2.38. The molecule has 0 radical (unpaired) electrons. The van der Waals surface area contributed by atoms with Crippen molar-refractivity contribution in [1.29, 1.82) is 0 Å². The van der Waals surface area contributed by atoms with E-state index in [9.17, 15) is 5.11 Å². The third-order valence-corrected chi connectivity index (χ3v) is 6.81. The molecule has 2 N–H and O–H groups in total. The molecule has 5 rings (SSSR count). The Labute approximate surface area is 181 Å². The molecular formula is C23H27FN6O. The first-order valence-corrected chi connectivity index (χ1v) is 10.7. The van der Waals surface area contributed by atoms with Gasteiger partial charge in [0.1, 0.15) is 17.7 Å². The Bertz CT molecular complexity index is 1060. The molecule has 0 saturated carbocycles. The Balaban J connectivity index is 1.36. The van der Waals surface area contributed by atoms with Crippen LogP contribution in [0.15, 0.2) is 49.3 Å². The van der Waals surface area contributed by atoms with Crippen molar-refractivity contribution < 1.29 is 9.50 Å². The van der Waals surface area contributed by atoms with Gasteiger partial charge in [0.2, 0.25) is 0 Å². The number of aromatic hydroxyl groups is 1. The summed E-state index contributed by atoms with van der Waals surface area (Å²) in [5.41, 5.74) is 1.49. The van der Waals surface area contributed by atoms with E-state index in [4.69, 9.17) is 0 Å². The molecule has 8 heteroatoms. The van der Waals surface area contributed by atoms with Crippen LogP contribution >= 0.6 is 0 Å². The molecule has 0 spiro atoms.